The van der Waals surface area contributed by atoms with E-state index in [0.717, 1.165) is 23.8 Å². The molecule has 1 heterocycles. The average molecular weight is 301 g/mol. The Balaban J connectivity index is 1.95. The van der Waals surface area contributed by atoms with Gasteiger partial charge in [-0.05, 0) is 37.2 Å². The fraction of sp³-hybridized carbons (Fsp3) is 0.417. The Hall–Kier alpha value is -1.18. The van der Waals surface area contributed by atoms with E-state index in [1.807, 2.05) is 28.8 Å². The molecule has 0 aliphatic carbocycles. The molecule has 1 aromatic heterocycles. The summed E-state index contributed by atoms with van der Waals surface area (Å²) in [6.07, 6.45) is 2.47. The number of benzene rings is 1. The molecule has 0 saturated carbocycles. The lowest BCUT2D eigenvalue weighted by Gasteiger charge is -2.03. The minimum atomic E-state index is -3.35. The van der Waals surface area contributed by atoms with Gasteiger partial charge in [0, 0.05) is 6.54 Å². The van der Waals surface area contributed by atoms with Crippen LogP contribution in [0.25, 0.3) is 11.1 Å². The molecule has 0 spiro atoms. The molecule has 2 rings (SSSR count). The van der Waals surface area contributed by atoms with Crippen molar-refractivity contribution in [3.63, 3.8) is 0 Å². The number of nitrogens with zero attached hydrogens (tertiary/aromatic N) is 1. The lowest BCUT2D eigenvalue weighted by atomic mass is 10.3. The van der Waals surface area contributed by atoms with Gasteiger partial charge in [0.2, 0.25) is 0 Å². The summed E-state index contributed by atoms with van der Waals surface area (Å²) in [7, 11) is -3.35. The van der Waals surface area contributed by atoms with Gasteiger partial charge in [0.25, 0.3) is 15.0 Å². The van der Waals surface area contributed by atoms with Gasteiger partial charge < -0.3 is 4.42 Å². The molecule has 19 heavy (non-hydrogen) atoms. The number of rotatable bonds is 6. The first-order valence-electron chi connectivity index (χ1n) is 5.90. The molecule has 7 heteroatoms. The van der Waals surface area contributed by atoms with Crippen molar-refractivity contribution < 1.29 is 17.0 Å². The molecule has 1 aromatic carbocycles. The Morgan fingerprint density at radius 2 is 2.05 bits per heavy atom. The van der Waals surface area contributed by atoms with Gasteiger partial charge in [0.1, 0.15) is 0 Å². The van der Waals surface area contributed by atoms with Crippen LogP contribution < -0.4 is 0 Å². The van der Waals surface area contributed by atoms with Crippen LogP contribution in [0.4, 0.5) is 0 Å². The number of oxazole rings is 1. The largest absolute Gasteiger partial charge is 0.429 e. The molecule has 0 N–H and O–H groups in total. The predicted octanol–water partition coefficient (Wildman–Crippen LogP) is 2.72. The van der Waals surface area contributed by atoms with Crippen LogP contribution in [-0.2, 0) is 20.8 Å². The number of para-hydroxylation sites is 2. The Morgan fingerprint density at radius 3 is 2.79 bits per heavy atom. The minimum Gasteiger partial charge on any atom is -0.429 e. The lowest BCUT2D eigenvalue weighted by molar-refractivity contribution is 0.308. The quantitative estimate of drug-likeness (QED) is 0.466. The third-order valence-electron chi connectivity index (χ3n) is 2.65. The summed E-state index contributed by atoms with van der Waals surface area (Å²) >= 11 is 5.16. The number of aromatic nitrogens is 1. The Kier molecular flexibility index (Phi) is 4.38. The van der Waals surface area contributed by atoms with Gasteiger partial charge in [-0.2, -0.15) is 8.42 Å². The highest BCUT2D eigenvalue weighted by atomic mass is 32.2. The highest BCUT2D eigenvalue weighted by molar-refractivity contribution is 7.85. The third kappa shape index (κ3) is 3.89. The minimum absolute atomic E-state index is 0.196. The predicted molar refractivity (Wildman–Crippen MR) is 75.1 cm³/mol. The van der Waals surface area contributed by atoms with Gasteiger partial charge in [-0.3, -0.25) is 8.75 Å². The first-order chi connectivity index (χ1) is 8.97. The summed E-state index contributed by atoms with van der Waals surface area (Å²) in [5.74, 6) is 0. The van der Waals surface area contributed by atoms with Crippen LogP contribution in [0.15, 0.2) is 28.7 Å². The van der Waals surface area contributed by atoms with E-state index in [1.54, 1.807) is 0 Å². The van der Waals surface area contributed by atoms with Crippen LogP contribution in [0.3, 0.4) is 0 Å². The standard InChI is InChI=1S/C12H15NO4S2/c1-19(14,15)16-9-5-4-8-13-10-6-2-3-7-11(10)17-12(13)18/h2-3,6-7H,4-5,8-9H2,1H3. The molecular weight excluding hydrogens is 286 g/mol. The van der Waals surface area contributed by atoms with E-state index in [0.29, 0.717) is 17.8 Å². The topological polar surface area (TPSA) is 61.4 Å². The summed E-state index contributed by atoms with van der Waals surface area (Å²) in [4.78, 5) is 0.435. The summed E-state index contributed by atoms with van der Waals surface area (Å²) < 4.78 is 33.6. The van der Waals surface area contributed by atoms with Gasteiger partial charge >= 0.3 is 0 Å². The molecule has 0 amide bonds. The molecule has 2 aromatic rings. The number of aryl methyl sites for hydroxylation is 1. The van der Waals surface area contributed by atoms with Gasteiger partial charge in [-0.25, -0.2) is 0 Å². The summed E-state index contributed by atoms with van der Waals surface area (Å²) in [6, 6.07) is 7.64. The molecular formula is C12H15NO4S2. The van der Waals surface area contributed by atoms with Gasteiger partial charge in [0.05, 0.1) is 18.4 Å². The molecule has 0 aliphatic heterocycles. The van der Waals surface area contributed by atoms with Crippen LogP contribution in [0.2, 0.25) is 0 Å². The average Bonchev–Trinajstić information content (AvgIpc) is 2.64. The molecule has 5 nitrogen and oxygen atoms in total. The molecule has 104 valence electrons. The maximum atomic E-state index is 10.8. The van der Waals surface area contributed by atoms with E-state index < -0.39 is 10.1 Å². The SMILES string of the molecule is CS(=O)(=O)OCCCCn1c(=S)oc2ccccc21. The van der Waals surface area contributed by atoms with Crippen molar-refractivity contribution in [2.75, 3.05) is 12.9 Å². The zero-order valence-corrected chi connectivity index (χ0v) is 12.2. The van der Waals surface area contributed by atoms with Gasteiger partial charge in [-0.1, -0.05) is 12.1 Å². The van der Waals surface area contributed by atoms with Gasteiger partial charge in [0.15, 0.2) is 5.58 Å². The van der Waals surface area contributed by atoms with Crippen LogP contribution in [0.1, 0.15) is 12.8 Å². The smallest absolute Gasteiger partial charge is 0.269 e. The van der Waals surface area contributed by atoms with Crippen molar-refractivity contribution >= 4 is 33.4 Å². The van der Waals surface area contributed by atoms with Crippen molar-refractivity contribution in [2.45, 2.75) is 19.4 Å². The molecule has 0 unspecified atom stereocenters. The molecule has 0 aliphatic rings. The first-order valence-corrected chi connectivity index (χ1v) is 8.12. The summed E-state index contributed by atoms with van der Waals surface area (Å²) in [6.45, 7) is 0.880. The Labute approximate surface area is 116 Å². The van der Waals surface area contributed by atoms with Crippen molar-refractivity contribution in [3.05, 3.63) is 29.1 Å². The molecule has 0 bridgehead atoms. The second-order valence-electron chi connectivity index (χ2n) is 4.22. The Morgan fingerprint density at radius 1 is 1.32 bits per heavy atom. The zero-order chi connectivity index (χ0) is 13.9. The van der Waals surface area contributed by atoms with Crippen molar-refractivity contribution in [1.82, 2.24) is 4.57 Å². The molecule has 0 radical (unpaired) electrons. The van der Waals surface area contributed by atoms with Crippen LogP contribution in [0, 0.1) is 4.84 Å². The highest BCUT2D eigenvalue weighted by Crippen LogP contribution is 2.17. The second-order valence-corrected chi connectivity index (χ2v) is 6.21. The third-order valence-corrected chi connectivity index (χ3v) is 3.55. The van der Waals surface area contributed by atoms with E-state index in [4.69, 9.17) is 16.6 Å². The monoisotopic (exact) mass is 301 g/mol. The summed E-state index contributed by atoms with van der Waals surface area (Å²) in [5.41, 5.74) is 1.72. The first kappa shape index (κ1) is 14.2. The lowest BCUT2D eigenvalue weighted by Crippen LogP contribution is -2.05. The summed E-state index contributed by atoms with van der Waals surface area (Å²) in [5, 5.41) is 0. The van der Waals surface area contributed by atoms with E-state index >= 15 is 0 Å². The highest BCUT2D eigenvalue weighted by Gasteiger charge is 2.06. The number of hydrogen-bond acceptors (Lipinski definition) is 5. The normalized spacial score (nSPS) is 12.1. The van der Waals surface area contributed by atoms with Crippen molar-refractivity contribution in [1.29, 1.82) is 0 Å². The van der Waals surface area contributed by atoms with E-state index in [1.165, 1.54) is 0 Å². The van der Waals surface area contributed by atoms with Gasteiger partial charge in [-0.15, -0.1) is 0 Å². The molecule has 0 fully saturated rings. The number of unbranched alkanes of at least 4 members (excludes halogenated alkanes) is 1. The van der Waals surface area contributed by atoms with E-state index in [-0.39, 0.29) is 6.61 Å². The molecule has 0 atom stereocenters. The van der Waals surface area contributed by atoms with E-state index in [2.05, 4.69) is 4.18 Å². The fourth-order valence-corrected chi connectivity index (χ4v) is 2.51. The molecule has 0 saturated heterocycles. The van der Waals surface area contributed by atoms with Crippen molar-refractivity contribution in [3.8, 4) is 0 Å². The van der Waals surface area contributed by atoms with Crippen LogP contribution in [0.5, 0.6) is 0 Å². The zero-order valence-electron chi connectivity index (χ0n) is 10.5. The van der Waals surface area contributed by atoms with Crippen LogP contribution >= 0.6 is 12.2 Å². The maximum absolute atomic E-state index is 10.8. The fourth-order valence-electron chi connectivity index (χ4n) is 1.81. The number of hydrogen-bond donors (Lipinski definition) is 0. The maximum Gasteiger partial charge on any atom is 0.269 e. The van der Waals surface area contributed by atoms with Crippen molar-refractivity contribution in [2.24, 2.45) is 0 Å². The van der Waals surface area contributed by atoms with E-state index in [9.17, 15) is 8.42 Å². The Bertz CT molecular complexity index is 715. The second kappa shape index (κ2) is 5.85. The number of fused-ring (bicyclic) bond motifs is 1. The van der Waals surface area contributed by atoms with Crippen LogP contribution in [-0.4, -0.2) is 25.8 Å².